The van der Waals surface area contributed by atoms with Gasteiger partial charge in [0.05, 0.1) is 11.4 Å². The Hall–Kier alpha value is -5.06. The molecule has 0 saturated carbocycles. The van der Waals surface area contributed by atoms with Gasteiger partial charge in [-0.25, -0.2) is 9.37 Å². The van der Waals surface area contributed by atoms with Crippen LogP contribution in [0.2, 0.25) is 0 Å². The average Bonchev–Trinajstić information content (AvgIpc) is 3.50. The predicted octanol–water partition coefficient (Wildman–Crippen LogP) is 7.40. The lowest BCUT2D eigenvalue weighted by Crippen LogP contribution is -2.30. The van der Waals surface area contributed by atoms with Crippen molar-refractivity contribution in [3.63, 3.8) is 0 Å². The van der Waals surface area contributed by atoms with Gasteiger partial charge in [0.1, 0.15) is 11.5 Å². The number of anilines is 2. The Morgan fingerprint density at radius 1 is 0.886 bits per heavy atom. The summed E-state index contributed by atoms with van der Waals surface area (Å²) in [5.74, 6) is -1.34. The molecule has 7 nitrogen and oxygen atoms in total. The van der Waals surface area contributed by atoms with Crippen molar-refractivity contribution in [2.45, 2.75) is 11.8 Å². The van der Waals surface area contributed by atoms with Crippen molar-refractivity contribution in [2.75, 3.05) is 16.4 Å². The van der Waals surface area contributed by atoms with Crippen LogP contribution in [0, 0.1) is 12.7 Å². The molecule has 0 saturated heterocycles. The lowest BCUT2D eigenvalue weighted by atomic mass is 10.1. The molecule has 220 valence electrons. The van der Waals surface area contributed by atoms with Crippen molar-refractivity contribution >= 4 is 57.7 Å². The molecular weight excluding hydrogens is 596 g/mol. The number of thioether (sulfide) groups is 1. The van der Waals surface area contributed by atoms with Crippen molar-refractivity contribution < 1.29 is 18.8 Å². The quantitative estimate of drug-likeness (QED) is 0.111. The van der Waals surface area contributed by atoms with Gasteiger partial charge in [-0.3, -0.25) is 14.4 Å². The molecule has 1 heterocycles. The Bertz CT molecular complexity index is 1800. The first-order valence-electron chi connectivity index (χ1n) is 13.5. The van der Waals surface area contributed by atoms with E-state index in [4.69, 9.17) is 0 Å². The van der Waals surface area contributed by atoms with E-state index in [1.165, 1.54) is 35.2 Å². The fourth-order valence-electron chi connectivity index (χ4n) is 4.02. The Balaban J connectivity index is 1.22. The molecule has 10 heteroatoms. The number of hydrogen-bond donors (Lipinski definition) is 3. The molecule has 4 aromatic carbocycles. The van der Waals surface area contributed by atoms with E-state index in [9.17, 15) is 18.8 Å². The molecule has 0 unspecified atom stereocenters. The van der Waals surface area contributed by atoms with Gasteiger partial charge in [-0.2, -0.15) is 0 Å². The van der Waals surface area contributed by atoms with E-state index in [0.29, 0.717) is 22.1 Å². The molecule has 0 radical (unpaired) electrons. The third-order valence-corrected chi connectivity index (χ3v) is 8.02. The minimum Gasteiger partial charge on any atom is -0.321 e. The highest BCUT2D eigenvalue weighted by Gasteiger charge is 2.16. The standard InChI is InChI=1S/C34H27FN4O3S2/c1-22-10-12-23(13-11-22)18-29(37-32(41)25-6-3-2-4-7-25)33(42)36-27-8-5-9-28(19-27)43-21-31(40)39-34-38-30(20-44-34)24-14-16-26(35)17-15-24/h2-20H,21H2,1H3,(H,36,42)(H,37,41)(H,38,39,40)/b29-18-. The molecule has 1 aromatic heterocycles. The van der Waals surface area contributed by atoms with Gasteiger partial charge >= 0.3 is 0 Å². The third-order valence-electron chi connectivity index (χ3n) is 6.27. The number of carbonyl (C=O) groups is 3. The van der Waals surface area contributed by atoms with Crippen molar-refractivity contribution in [1.29, 1.82) is 0 Å². The monoisotopic (exact) mass is 622 g/mol. The smallest absolute Gasteiger partial charge is 0.272 e. The van der Waals surface area contributed by atoms with Gasteiger partial charge < -0.3 is 16.0 Å². The van der Waals surface area contributed by atoms with Crippen LogP contribution >= 0.6 is 23.1 Å². The van der Waals surface area contributed by atoms with Gasteiger partial charge in [0, 0.05) is 27.1 Å². The molecule has 3 amide bonds. The van der Waals surface area contributed by atoms with E-state index in [2.05, 4.69) is 20.9 Å². The highest BCUT2D eigenvalue weighted by atomic mass is 32.2. The summed E-state index contributed by atoms with van der Waals surface area (Å²) in [6.07, 6.45) is 1.62. The fourth-order valence-corrected chi connectivity index (χ4v) is 5.51. The summed E-state index contributed by atoms with van der Waals surface area (Å²) >= 11 is 2.59. The Kier molecular flexibility index (Phi) is 9.96. The van der Waals surface area contributed by atoms with Crippen molar-refractivity contribution in [3.05, 3.63) is 137 Å². The van der Waals surface area contributed by atoms with Crippen LogP contribution in [-0.4, -0.2) is 28.5 Å². The lowest BCUT2D eigenvalue weighted by Gasteiger charge is -2.12. The molecule has 44 heavy (non-hydrogen) atoms. The number of halogens is 1. The van der Waals surface area contributed by atoms with Crippen molar-refractivity contribution in [1.82, 2.24) is 10.3 Å². The third kappa shape index (κ3) is 8.50. The van der Waals surface area contributed by atoms with E-state index in [0.717, 1.165) is 21.6 Å². The Labute approximate surface area is 262 Å². The topological polar surface area (TPSA) is 100 Å². The second-order valence-corrected chi connectivity index (χ2v) is 11.6. The van der Waals surface area contributed by atoms with Crippen LogP contribution in [0.3, 0.4) is 0 Å². The highest BCUT2D eigenvalue weighted by molar-refractivity contribution is 8.00. The fraction of sp³-hybridized carbons (Fsp3) is 0.0588. The first-order chi connectivity index (χ1) is 21.3. The van der Waals surface area contributed by atoms with Crippen LogP contribution < -0.4 is 16.0 Å². The van der Waals surface area contributed by atoms with Gasteiger partial charge in [0.2, 0.25) is 5.91 Å². The SMILES string of the molecule is Cc1ccc(/C=C(\NC(=O)c2ccccc2)C(=O)Nc2cccc(SCC(=O)Nc3nc(-c4ccc(F)cc4)cs3)c2)cc1. The summed E-state index contributed by atoms with van der Waals surface area (Å²) in [6.45, 7) is 1.97. The van der Waals surface area contributed by atoms with Crippen LogP contribution in [0.25, 0.3) is 17.3 Å². The van der Waals surface area contributed by atoms with Crippen LogP contribution in [0.5, 0.6) is 0 Å². The van der Waals surface area contributed by atoms with Gasteiger partial charge in [-0.05, 0) is 73.2 Å². The van der Waals surface area contributed by atoms with Gasteiger partial charge in [0.25, 0.3) is 11.8 Å². The normalized spacial score (nSPS) is 11.1. The number of carbonyl (C=O) groups excluding carboxylic acids is 3. The second-order valence-electron chi connectivity index (χ2n) is 9.65. The van der Waals surface area contributed by atoms with E-state index < -0.39 is 11.8 Å². The molecule has 0 bridgehead atoms. The predicted molar refractivity (Wildman–Crippen MR) is 175 cm³/mol. The van der Waals surface area contributed by atoms with Crippen LogP contribution in [0.15, 0.2) is 119 Å². The summed E-state index contributed by atoms with van der Waals surface area (Å²) in [4.78, 5) is 44.0. The minimum atomic E-state index is -0.490. The Morgan fingerprint density at radius 2 is 1.64 bits per heavy atom. The molecule has 0 aliphatic rings. The zero-order valence-corrected chi connectivity index (χ0v) is 25.2. The van der Waals surface area contributed by atoms with Crippen molar-refractivity contribution in [3.8, 4) is 11.3 Å². The van der Waals surface area contributed by atoms with Gasteiger partial charge in [-0.15, -0.1) is 23.1 Å². The zero-order valence-electron chi connectivity index (χ0n) is 23.5. The number of amides is 3. The molecular formula is C34H27FN4O3S2. The molecule has 0 aliphatic heterocycles. The summed E-state index contributed by atoms with van der Waals surface area (Å²) in [5.41, 5.74) is 4.26. The molecule has 0 fully saturated rings. The maximum atomic E-state index is 13.4. The van der Waals surface area contributed by atoms with E-state index >= 15 is 0 Å². The number of nitrogens with one attached hydrogen (secondary N) is 3. The summed E-state index contributed by atoms with van der Waals surface area (Å²) < 4.78 is 13.2. The minimum absolute atomic E-state index is 0.0867. The number of nitrogens with zero attached hydrogens (tertiary/aromatic N) is 1. The largest absolute Gasteiger partial charge is 0.321 e. The van der Waals surface area contributed by atoms with E-state index in [1.807, 2.05) is 43.3 Å². The summed E-state index contributed by atoms with van der Waals surface area (Å²) in [7, 11) is 0. The molecule has 0 atom stereocenters. The highest BCUT2D eigenvalue weighted by Crippen LogP contribution is 2.26. The first-order valence-corrected chi connectivity index (χ1v) is 15.4. The summed E-state index contributed by atoms with van der Waals surface area (Å²) in [6, 6.07) is 29.4. The first kappa shape index (κ1) is 30.4. The van der Waals surface area contributed by atoms with Crippen molar-refractivity contribution in [2.24, 2.45) is 0 Å². The number of hydrogen-bond acceptors (Lipinski definition) is 6. The number of rotatable bonds is 10. The second kappa shape index (κ2) is 14.4. The number of aryl methyl sites for hydroxylation is 1. The Morgan fingerprint density at radius 3 is 2.39 bits per heavy atom. The van der Waals surface area contributed by atoms with E-state index in [1.54, 1.807) is 66.1 Å². The molecule has 3 N–H and O–H groups in total. The molecule has 0 spiro atoms. The van der Waals surface area contributed by atoms with Gasteiger partial charge in [-0.1, -0.05) is 54.1 Å². The van der Waals surface area contributed by atoms with Gasteiger partial charge in [0.15, 0.2) is 5.13 Å². The summed E-state index contributed by atoms with van der Waals surface area (Å²) in [5, 5.41) is 10.6. The number of benzene rings is 4. The van der Waals surface area contributed by atoms with Crippen LogP contribution in [-0.2, 0) is 9.59 Å². The number of aromatic nitrogens is 1. The van der Waals surface area contributed by atoms with Crippen LogP contribution in [0.4, 0.5) is 15.2 Å². The molecule has 5 rings (SSSR count). The zero-order chi connectivity index (χ0) is 30.9. The molecule has 0 aliphatic carbocycles. The van der Waals surface area contributed by atoms with E-state index in [-0.39, 0.29) is 23.2 Å². The lowest BCUT2D eigenvalue weighted by molar-refractivity contribution is -0.114. The maximum Gasteiger partial charge on any atom is 0.272 e. The number of thiazole rings is 1. The average molecular weight is 623 g/mol. The molecule has 5 aromatic rings. The maximum absolute atomic E-state index is 13.4. The van der Waals surface area contributed by atoms with Crippen LogP contribution in [0.1, 0.15) is 21.5 Å².